The van der Waals surface area contributed by atoms with Crippen LogP contribution in [-0.4, -0.2) is 33.3 Å². The minimum Gasteiger partial charge on any atom is -0.338 e. The van der Waals surface area contributed by atoms with Gasteiger partial charge in [-0.25, -0.2) is 13.2 Å². The number of benzene rings is 1. The zero-order valence-corrected chi connectivity index (χ0v) is 14.2. The number of carbonyl (C=O) groups is 1. The number of nitrogens with one attached hydrogen (secondary N) is 2. The van der Waals surface area contributed by atoms with E-state index >= 15 is 0 Å². The predicted molar refractivity (Wildman–Crippen MR) is 89.1 cm³/mol. The van der Waals surface area contributed by atoms with Crippen LogP contribution in [-0.2, 0) is 10.0 Å². The molecule has 6 nitrogen and oxygen atoms in total. The molecule has 1 aromatic carbocycles. The van der Waals surface area contributed by atoms with Gasteiger partial charge in [-0.1, -0.05) is 25.4 Å². The summed E-state index contributed by atoms with van der Waals surface area (Å²) in [6, 6.07) is 4.50. The van der Waals surface area contributed by atoms with Gasteiger partial charge in [-0.3, -0.25) is 4.31 Å². The molecule has 1 aliphatic heterocycles. The Morgan fingerprint density at radius 3 is 2.68 bits per heavy atom. The molecule has 0 spiro atoms. The van der Waals surface area contributed by atoms with Crippen LogP contribution in [0.1, 0.15) is 20.3 Å². The molecule has 2 rings (SSSR count). The lowest BCUT2D eigenvalue weighted by Gasteiger charge is -2.19. The van der Waals surface area contributed by atoms with E-state index in [1.54, 1.807) is 18.2 Å². The zero-order valence-electron chi connectivity index (χ0n) is 12.6. The maximum atomic E-state index is 11.9. The summed E-state index contributed by atoms with van der Waals surface area (Å²) in [4.78, 5) is 11.7. The lowest BCUT2D eigenvalue weighted by molar-refractivity contribution is 0.251. The molecule has 0 radical (unpaired) electrons. The van der Waals surface area contributed by atoms with Crippen molar-refractivity contribution in [2.75, 3.05) is 28.5 Å². The summed E-state index contributed by atoms with van der Waals surface area (Å²) in [5.41, 5.74) is 0.971. The Morgan fingerprint density at radius 2 is 2.14 bits per heavy atom. The second-order valence-corrected chi connectivity index (χ2v) is 8.06. The van der Waals surface area contributed by atoms with E-state index in [0.29, 0.717) is 41.8 Å². The molecule has 0 unspecified atom stereocenters. The highest BCUT2D eigenvalue weighted by Gasteiger charge is 2.29. The molecule has 2 N–H and O–H groups in total. The fourth-order valence-electron chi connectivity index (χ4n) is 2.17. The van der Waals surface area contributed by atoms with Crippen LogP contribution >= 0.6 is 11.6 Å². The van der Waals surface area contributed by atoms with Crippen molar-refractivity contribution in [3.63, 3.8) is 0 Å². The monoisotopic (exact) mass is 345 g/mol. The topological polar surface area (TPSA) is 78.5 Å². The van der Waals surface area contributed by atoms with E-state index in [4.69, 9.17) is 11.6 Å². The molecular weight excluding hydrogens is 326 g/mol. The van der Waals surface area contributed by atoms with E-state index in [-0.39, 0.29) is 11.8 Å². The lowest BCUT2D eigenvalue weighted by Crippen LogP contribution is -2.31. The van der Waals surface area contributed by atoms with Crippen molar-refractivity contribution in [1.82, 2.24) is 5.32 Å². The van der Waals surface area contributed by atoms with E-state index in [1.165, 1.54) is 4.31 Å². The van der Waals surface area contributed by atoms with Crippen molar-refractivity contribution in [2.45, 2.75) is 20.3 Å². The van der Waals surface area contributed by atoms with Gasteiger partial charge in [0.05, 0.1) is 16.5 Å². The number of hydrogen-bond donors (Lipinski definition) is 2. The summed E-state index contributed by atoms with van der Waals surface area (Å²) < 4.78 is 25.1. The zero-order chi connectivity index (χ0) is 16.3. The van der Waals surface area contributed by atoms with Crippen LogP contribution in [0.4, 0.5) is 16.2 Å². The van der Waals surface area contributed by atoms with Crippen LogP contribution in [0.3, 0.4) is 0 Å². The number of amides is 2. The minimum atomic E-state index is -3.27. The van der Waals surface area contributed by atoms with E-state index in [2.05, 4.69) is 10.6 Å². The number of halogens is 1. The average molecular weight is 346 g/mol. The number of hydrogen-bond acceptors (Lipinski definition) is 3. The number of urea groups is 1. The van der Waals surface area contributed by atoms with Gasteiger partial charge in [0.2, 0.25) is 10.0 Å². The first kappa shape index (κ1) is 16.9. The number of sulfonamides is 1. The molecule has 22 heavy (non-hydrogen) atoms. The maximum Gasteiger partial charge on any atom is 0.319 e. The molecule has 0 atom stereocenters. The quantitative estimate of drug-likeness (QED) is 0.880. The molecule has 1 aliphatic rings. The Balaban J connectivity index is 2.08. The van der Waals surface area contributed by atoms with Crippen LogP contribution in [0.5, 0.6) is 0 Å². The summed E-state index contributed by atoms with van der Waals surface area (Å²) in [7, 11) is -3.27. The van der Waals surface area contributed by atoms with Crippen LogP contribution in [0.2, 0.25) is 5.02 Å². The Hall–Kier alpha value is -1.47. The standard InChI is InChI=1S/C14H20ClN3O3S/c1-10(2)9-16-14(19)17-11-4-5-13(12(15)8-11)18-6-3-7-22(18,20)21/h4-5,8,10H,3,6-7,9H2,1-2H3,(H2,16,17,19). The first-order valence-corrected chi connectivity index (χ1v) is 9.13. The molecule has 1 heterocycles. The molecule has 122 valence electrons. The Morgan fingerprint density at radius 1 is 1.41 bits per heavy atom. The summed E-state index contributed by atoms with van der Waals surface area (Å²) in [6.07, 6.45) is 0.594. The Labute approximate surface area is 135 Å². The molecule has 0 aromatic heterocycles. The van der Waals surface area contributed by atoms with Crippen molar-refractivity contribution >= 4 is 39.0 Å². The summed E-state index contributed by atoms with van der Waals surface area (Å²) in [5, 5.41) is 5.71. The summed E-state index contributed by atoms with van der Waals surface area (Å²) >= 11 is 6.17. The minimum absolute atomic E-state index is 0.140. The van der Waals surface area contributed by atoms with Crippen molar-refractivity contribution in [2.24, 2.45) is 5.92 Å². The van der Waals surface area contributed by atoms with Gasteiger partial charge in [-0.15, -0.1) is 0 Å². The first-order valence-electron chi connectivity index (χ1n) is 7.14. The third-order valence-electron chi connectivity index (χ3n) is 3.24. The maximum absolute atomic E-state index is 11.9. The van der Waals surface area contributed by atoms with Gasteiger partial charge in [-0.05, 0) is 30.5 Å². The van der Waals surface area contributed by atoms with E-state index in [9.17, 15) is 13.2 Å². The van der Waals surface area contributed by atoms with Gasteiger partial charge < -0.3 is 10.6 Å². The third-order valence-corrected chi connectivity index (χ3v) is 5.40. The van der Waals surface area contributed by atoms with Crippen molar-refractivity contribution < 1.29 is 13.2 Å². The van der Waals surface area contributed by atoms with Crippen LogP contribution < -0.4 is 14.9 Å². The molecular formula is C14H20ClN3O3S. The smallest absolute Gasteiger partial charge is 0.319 e. The van der Waals surface area contributed by atoms with Gasteiger partial charge in [0.25, 0.3) is 0 Å². The SMILES string of the molecule is CC(C)CNC(=O)Nc1ccc(N2CCCS2(=O)=O)c(Cl)c1. The highest BCUT2D eigenvalue weighted by atomic mass is 35.5. The van der Waals surface area contributed by atoms with E-state index < -0.39 is 10.0 Å². The van der Waals surface area contributed by atoms with E-state index in [1.807, 2.05) is 13.8 Å². The second kappa shape index (κ2) is 6.75. The number of anilines is 2. The molecule has 0 bridgehead atoms. The van der Waals surface area contributed by atoms with Crippen molar-refractivity contribution in [3.05, 3.63) is 23.2 Å². The van der Waals surface area contributed by atoms with Gasteiger partial charge in [0, 0.05) is 18.8 Å². The fraction of sp³-hybridized carbons (Fsp3) is 0.500. The fourth-order valence-corrected chi connectivity index (χ4v) is 4.08. The average Bonchev–Trinajstić information content (AvgIpc) is 2.76. The van der Waals surface area contributed by atoms with Gasteiger partial charge in [-0.2, -0.15) is 0 Å². The third kappa shape index (κ3) is 4.04. The molecule has 1 fully saturated rings. The molecule has 2 amide bonds. The normalized spacial score (nSPS) is 16.8. The van der Waals surface area contributed by atoms with Crippen LogP contribution in [0, 0.1) is 5.92 Å². The molecule has 0 saturated carbocycles. The summed E-state index contributed by atoms with van der Waals surface area (Å²) in [6.45, 7) is 5.01. The Kier molecular flexibility index (Phi) is 5.18. The number of carbonyl (C=O) groups excluding carboxylic acids is 1. The van der Waals surface area contributed by atoms with Crippen LogP contribution in [0.25, 0.3) is 0 Å². The lowest BCUT2D eigenvalue weighted by atomic mass is 10.2. The van der Waals surface area contributed by atoms with Gasteiger partial charge >= 0.3 is 6.03 Å². The highest BCUT2D eigenvalue weighted by molar-refractivity contribution is 7.93. The first-order chi connectivity index (χ1) is 10.3. The second-order valence-electron chi connectivity index (χ2n) is 5.64. The largest absolute Gasteiger partial charge is 0.338 e. The number of nitrogens with zero attached hydrogens (tertiary/aromatic N) is 1. The van der Waals surface area contributed by atoms with Crippen molar-refractivity contribution in [3.8, 4) is 0 Å². The van der Waals surface area contributed by atoms with Gasteiger partial charge in [0.15, 0.2) is 0 Å². The Bertz CT molecular complexity index is 661. The van der Waals surface area contributed by atoms with Crippen molar-refractivity contribution in [1.29, 1.82) is 0 Å². The molecule has 0 aliphatic carbocycles. The molecule has 1 saturated heterocycles. The molecule has 8 heteroatoms. The number of rotatable bonds is 4. The highest BCUT2D eigenvalue weighted by Crippen LogP contribution is 2.33. The predicted octanol–water partition coefficient (Wildman–Crippen LogP) is 2.66. The summed E-state index contributed by atoms with van der Waals surface area (Å²) in [5.74, 6) is 0.498. The van der Waals surface area contributed by atoms with Gasteiger partial charge in [0.1, 0.15) is 0 Å². The van der Waals surface area contributed by atoms with Crippen LogP contribution in [0.15, 0.2) is 18.2 Å². The molecule has 1 aromatic rings. The van der Waals surface area contributed by atoms with E-state index in [0.717, 1.165) is 0 Å².